The van der Waals surface area contributed by atoms with Crippen molar-refractivity contribution < 1.29 is 19.1 Å². The highest BCUT2D eigenvalue weighted by Gasteiger charge is 2.11. The Kier molecular flexibility index (Phi) is 7.44. The normalized spacial score (nSPS) is 10.7. The minimum atomic E-state index is -0.622. The van der Waals surface area contributed by atoms with Gasteiger partial charge in [0.1, 0.15) is 5.75 Å². The molecule has 0 spiro atoms. The molecule has 0 saturated heterocycles. The number of para-hydroxylation sites is 1. The van der Waals surface area contributed by atoms with Gasteiger partial charge in [-0.1, -0.05) is 35.9 Å². The summed E-state index contributed by atoms with van der Waals surface area (Å²) in [5.41, 5.74) is 3.11. The number of carbonyl (C=O) groups excluding carboxylic acids is 2. The predicted octanol–water partition coefficient (Wildman–Crippen LogP) is 4.55. The van der Waals surface area contributed by atoms with Crippen molar-refractivity contribution in [3.8, 4) is 5.75 Å². The molecule has 0 unspecified atom stereocenters. The van der Waals surface area contributed by atoms with Crippen LogP contribution in [0.5, 0.6) is 5.75 Å². The van der Waals surface area contributed by atoms with E-state index in [2.05, 4.69) is 5.32 Å². The zero-order valence-corrected chi connectivity index (χ0v) is 16.3. The summed E-state index contributed by atoms with van der Waals surface area (Å²) in [5.74, 6) is -0.408. The van der Waals surface area contributed by atoms with E-state index in [-0.39, 0.29) is 0 Å². The molecule has 0 bridgehead atoms. The van der Waals surface area contributed by atoms with Crippen LogP contribution in [0.15, 0.2) is 42.5 Å². The second-order valence-electron chi connectivity index (χ2n) is 5.90. The average Bonchev–Trinajstić information content (AvgIpc) is 2.62. The Bertz CT molecular complexity index is 838. The van der Waals surface area contributed by atoms with Crippen molar-refractivity contribution in [1.29, 1.82) is 0 Å². The summed E-state index contributed by atoms with van der Waals surface area (Å²) >= 11 is 6.15. The van der Waals surface area contributed by atoms with Crippen LogP contribution in [-0.4, -0.2) is 25.1 Å². The van der Waals surface area contributed by atoms with Crippen LogP contribution < -0.4 is 10.1 Å². The molecule has 2 rings (SSSR count). The zero-order valence-electron chi connectivity index (χ0n) is 15.5. The Balaban J connectivity index is 1.91. The topological polar surface area (TPSA) is 64.6 Å². The molecule has 2 aromatic rings. The smallest absolute Gasteiger partial charge is 0.331 e. The molecule has 0 heterocycles. The highest BCUT2D eigenvalue weighted by Crippen LogP contribution is 2.27. The number of amides is 1. The van der Waals surface area contributed by atoms with E-state index in [9.17, 15) is 9.59 Å². The number of benzene rings is 2. The fraction of sp³-hybridized carbons (Fsp3) is 0.238. The van der Waals surface area contributed by atoms with Gasteiger partial charge in [-0.05, 0) is 50.1 Å². The van der Waals surface area contributed by atoms with Crippen LogP contribution in [0, 0.1) is 13.8 Å². The van der Waals surface area contributed by atoms with Gasteiger partial charge in [-0.3, -0.25) is 4.79 Å². The van der Waals surface area contributed by atoms with Gasteiger partial charge in [-0.25, -0.2) is 4.79 Å². The van der Waals surface area contributed by atoms with Gasteiger partial charge in [0, 0.05) is 11.6 Å². The lowest BCUT2D eigenvalue weighted by molar-refractivity contribution is -0.142. The molecule has 1 amide bonds. The molecular weight excluding hydrogens is 366 g/mol. The summed E-state index contributed by atoms with van der Waals surface area (Å²) in [4.78, 5) is 23.9. The molecule has 2 aromatic carbocycles. The van der Waals surface area contributed by atoms with Gasteiger partial charge in [-0.2, -0.15) is 0 Å². The van der Waals surface area contributed by atoms with Crippen LogP contribution in [-0.2, 0) is 14.3 Å². The molecule has 1 N–H and O–H groups in total. The summed E-state index contributed by atoms with van der Waals surface area (Å²) in [6.07, 6.45) is 2.85. The number of halogens is 1. The Morgan fingerprint density at radius 2 is 1.93 bits per heavy atom. The maximum atomic E-state index is 12.0. The number of hydrogen-bond acceptors (Lipinski definition) is 4. The van der Waals surface area contributed by atoms with E-state index in [1.807, 2.05) is 51.1 Å². The van der Waals surface area contributed by atoms with Crippen molar-refractivity contribution >= 4 is 35.2 Å². The largest absolute Gasteiger partial charge is 0.493 e. The number of nitrogens with one attached hydrogen (secondary N) is 1. The summed E-state index contributed by atoms with van der Waals surface area (Å²) < 4.78 is 10.5. The lowest BCUT2D eigenvalue weighted by Gasteiger charge is -2.11. The number of rotatable bonds is 7. The van der Waals surface area contributed by atoms with Crippen LogP contribution in [0.2, 0.25) is 5.02 Å². The SMILES string of the molecule is CCOc1ccccc1/C=C/C(=O)OCC(=O)Nc1c(C)cc(C)cc1Cl. The number of hydrogen-bond donors (Lipinski definition) is 1. The average molecular weight is 388 g/mol. The van der Waals surface area contributed by atoms with Crippen molar-refractivity contribution in [3.63, 3.8) is 0 Å². The second-order valence-corrected chi connectivity index (χ2v) is 6.31. The molecule has 0 aliphatic carbocycles. The molecular formula is C21H22ClNO4. The fourth-order valence-electron chi connectivity index (χ4n) is 2.50. The van der Waals surface area contributed by atoms with Gasteiger partial charge in [0.05, 0.1) is 17.3 Å². The molecule has 5 nitrogen and oxygen atoms in total. The standard InChI is InChI=1S/C21H22ClNO4/c1-4-26-18-8-6-5-7-16(18)9-10-20(25)27-13-19(24)23-21-15(3)11-14(2)12-17(21)22/h5-12H,4,13H2,1-3H3,(H,23,24)/b10-9+. The first kappa shape index (κ1) is 20.5. The summed E-state index contributed by atoms with van der Waals surface area (Å²) in [5, 5.41) is 3.11. The van der Waals surface area contributed by atoms with Crippen molar-refractivity contribution in [2.45, 2.75) is 20.8 Å². The van der Waals surface area contributed by atoms with Gasteiger partial charge in [0.25, 0.3) is 5.91 Å². The zero-order chi connectivity index (χ0) is 19.8. The first-order valence-corrected chi connectivity index (χ1v) is 8.91. The van der Waals surface area contributed by atoms with Gasteiger partial charge in [-0.15, -0.1) is 0 Å². The molecule has 0 radical (unpaired) electrons. The second kappa shape index (κ2) is 9.78. The number of carbonyl (C=O) groups is 2. The molecule has 142 valence electrons. The third kappa shape index (κ3) is 6.15. The van der Waals surface area contributed by atoms with E-state index >= 15 is 0 Å². The van der Waals surface area contributed by atoms with Crippen LogP contribution in [0.3, 0.4) is 0 Å². The number of aryl methyl sites for hydroxylation is 2. The minimum Gasteiger partial charge on any atom is -0.493 e. The Morgan fingerprint density at radius 3 is 2.63 bits per heavy atom. The molecule has 0 aliphatic rings. The molecule has 6 heteroatoms. The number of anilines is 1. The quantitative estimate of drug-likeness (QED) is 0.559. The summed E-state index contributed by atoms with van der Waals surface area (Å²) in [6.45, 7) is 5.77. The summed E-state index contributed by atoms with van der Waals surface area (Å²) in [6, 6.07) is 11.0. The maximum Gasteiger partial charge on any atom is 0.331 e. The molecule has 0 atom stereocenters. The predicted molar refractivity (Wildman–Crippen MR) is 107 cm³/mol. The number of ether oxygens (including phenoxy) is 2. The molecule has 0 aromatic heterocycles. The van der Waals surface area contributed by atoms with Crippen LogP contribution in [0.4, 0.5) is 5.69 Å². The summed E-state index contributed by atoms with van der Waals surface area (Å²) in [7, 11) is 0. The Hall–Kier alpha value is -2.79. The Morgan fingerprint density at radius 1 is 1.19 bits per heavy atom. The third-order valence-corrected chi connectivity index (χ3v) is 3.96. The van der Waals surface area contributed by atoms with Crippen molar-refractivity contribution in [1.82, 2.24) is 0 Å². The first-order valence-electron chi connectivity index (χ1n) is 8.54. The molecule has 0 aliphatic heterocycles. The lowest BCUT2D eigenvalue weighted by atomic mass is 10.1. The monoisotopic (exact) mass is 387 g/mol. The van der Waals surface area contributed by atoms with Crippen LogP contribution in [0.25, 0.3) is 6.08 Å². The van der Waals surface area contributed by atoms with Crippen molar-refractivity contribution in [3.05, 3.63) is 64.2 Å². The first-order chi connectivity index (χ1) is 12.9. The molecule has 27 heavy (non-hydrogen) atoms. The molecule has 0 fully saturated rings. The van der Waals surface area contributed by atoms with E-state index in [0.29, 0.717) is 23.1 Å². The van der Waals surface area contributed by atoms with Crippen molar-refractivity contribution in [2.75, 3.05) is 18.5 Å². The van der Waals surface area contributed by atoms with Crippen LogP contribution >= 0.6 is 11.6 Å². The lowest BCUT2D eigenvalue weighted by Crippen LogP contribution is -2.20. The highest BCUT2D eigenvalue weighted by atomic mass is 35.5. The van der Waals surface area contributed by atoms with Gasteiger partial charge in [0.15, 0.2) is 6.61 Å². The van der Waals surface area contributed by atoms with Crippen molar-refractivity contribution in [2.24, 2.45) is 0 Å². The van der Waals surface area contributed by atoms with Gasteiger partial charge < -0.3 is 14.8 Å². The maximum absolute atomic E-state index is 12.0. The van der Waals surface area contributed by atoms with E-state index in [4.69, 9.17) is 21.1 Å². The Labute approximate surface area is 163 Å². The molecule has 0 saturated carbocycles. The van der Waals surface area contributed by atoms with E-state index in [1.54, 1.807) is 12.1 Å². The van der Waals surface area contributed by atoms with E-state index in [0.717, 1.165) is 16.7 Å². The highest BCUT2D eigenvalue weighted by molar-refractivity contribution is 6.34. The third-order valence-electron chi connectivity index (χ3n) is 3.66. The fourth-order valence-corrected chi connectivity index (χ4v) is 2.87. The van der Waals surface area contributed by atoms with Gasteiger partial charge >= 0.3 is 5.97 Å². The van der Waals surface area contributed by atoms with E-state index < -0.39 is 18.5 Å². The van der Waals surface area contributed by atoms with E-state index in [1.165, 1.54) is 6.08 Å². The van der Waals surface area contributed by atoms with Crippen LogP contribution in [0.1, 0.15) is 23.6 Å². The van der Waals surface area contributed by atoms with Gasteiger partial charge in [0.2, 0.25) is 0 Å². The minimum absolute atomic E-state index is 0.403. The number of esters is 1.